The summed E-state index contributed by atoms with van der Waals surface area (Å²) < 4.78 is 11.1. The number of carbonyl (C=O) groups is 1. The molecule has 5 rings (SSSR count). The highest BCUT2D eigenvalue weighted by Crippen LogP contribution is 2.38. The van der Waals surface area contributed by atoms with Crippen LogP contribution in [0, 0.1) is 0 Å². The van der Waals surface area contributed by atoms with Crippen molar-refractivity contribution < 1.29 is 14.3 Å². The molecule has 0 atom stereocenters. The van der Waals surface area contributed by atoms with E-state index in [1.165, 1.54) is 0 Å². The van der Waals surface area contributed by atoms with E-state index in [1.54, 1.807) is 14.2 Å². The Hall–Kier alpha value is -4.03. The van der Waals surface area contributed by atoms with Crippen LogP contribution in [-0.2, 0) is 6.42 Å². The molecule has 3 aromatic carbocycles. The van der Waals surface area contributed by atoms with E-state index >= 15 is 0 Å². The van der Waals surface area contributed by atoms with Crippen molar-refractivity contribution in [2.24, 2.45) is 0 Å². The minimum absolute atomic E-state index is 0.241. The number of fused-ring (bicyclic) bond motifs is 3. The van der Waals surface area contributed by atoms with Gasteiger partial charge in [0.1, 0.15) is 17.2 Å². The Kier molecular flexibility index (Phi) is 6.29. The molecule has 0 aliphatic rings. The minimum atomic E-state index is -0.241. The quantitative estimate of drug-likeness (QED) is 0.295. The largest absolute Gasteiger partial charge is 0.497 e. The summed E-state index contributed by atoms with van der Waals surface area (Å²) in [6, 6.07) is 23.0. The third-order valence-corrected chi connectivity index (χ3v) is 6.26. The Balaban J connectivity index is 1.57. The summed E-state index contributed by atoms with van der Waals surface area (Å²) in [6.07, 6.45) is 0.689. The molecular formula is C28H24ClN3O3. The standard InChI is InChI=1S/C28H24ClN3O3/c1-34-19-11-12-25(35-2)22(15-19)27-26-21(20-5-3-4-6-23(20)31-26)16-24(32-27)28(33)30-14-13-17-7-9-18(29)10-8-17/h3-12,15-16,31H,13-14H2,1-2H3,(H,30,33). The maximum absolute atomic E-state index is 13.2. The molecule has 0 bridgehead atoms. The fourth-order valence-corrected chi connectivity index (χ4v) is 4.34. The van der Waals surface area contributed by atoms with Gasteiger partial charge in [-0.05, 0) is 54.4 Å². The number of nitrogens with one attached hydrogen (secondary N) is 2. The lowest BCUT2D eigenvalue weighted by atomic mass is 10.0. The van der Waals surface area contributed by atoms with Crippen molar-refractivity contribution in [3.8, 4) is 22.8 Å². The van der Waals surface area contributed by atoms with Gasteiger partial charge < -0.3 is 19.8 Å². The predicted octanol–water partition coefficient (Wildman–Crippen LogP) is 6.03. The second kappa shape index (κ2) is 9.68. The summed E-state index contributed by atoms with van der Waals surface area (Å²) >= 11 is 5.96. The van der Waals surface area contributed by atoms with Crippen molar-refractivity contribution in [3.63, 3.8) is 0 Å². The molecular weight excluding hydrogens is 462 g/mol. The SMILES string of the molecule is COc1ccc(OC)c(-c2nc(C(=O)NCCc3ccc(Cl)cc3)cc3c2[nH]c2ccccc23)c1. The number of amides is 1. The Bertz CT molecular complexity index is 1530. The third kappa shape index (κ3) is 4.53. The number of nitrogens with zero attached hydrogens (tertiary/aromatic N) is 1. The number of hydrogen-bond acceptors (Lipinski definition) is 4. The van der Waals surface area contributed by atoms with Gasteiger partial charge in [0.05, 0.1) is 25.4 Å². The van der Waals surface area contributed by atoms with Gasteiger partial charge in [0.2, 0.25) is 0 Å². The fourth-order valence-electron chi connectivity index (χ4n) is 4.22. The van der Waals surface area contributed by atoms with Gasteiger partial charge in [0, 0.05) is 33.4 Å². The molecule has 0 saturated carbocycles. The van der Waals surface area contributed by atoms with Gasteiger partial charge in [-0.15, -0.1) is 0 Å². The van der Waals surface area contributed by atoms with Gasteiger partial charge in [-0.3, -0.25) is 4.79 Å². The van der Waals surface area contributed by atoms with Crippen molar-refractivity contribution in [1.29, 1.82) is 0 Å². The van der Waals surface area contributed by atoms with E-state index < -0.39 is 0 Å². The second-order valence-corrected chi connectivity index (χ2v) is 8.58. The van der Waals surface area contributed by atoms with Gasteiger partial charge in [-0.2, -0.15) is 0 Å². The monoisotopic (exact) mass is 485 g/mol. The lowest BCUT2D eigenvalue weighted by Crippen LogP contribution is -2.26. The number of rotatable bonds is 7. The molecule has 0 aliphatic heterocycles. The number of pyridine rings is 1. The molecule has 35 heavy (non-hydrogen) atoms. The second-order valence-electron chi connectivity index (χ2n) is 8.15. The number of benzene rings is 3. The topological polar surface area (TPSA) is 76.2 Å². The van der Waals surface area contributed by atoms with Crippen LogP contribution in [0.5, 0.6) is 11.5 Å². The average molecular weight is 486 g/mol. The molecule has 6 nitrogen and oxygen atoms in total. The zero-order chi connectivity index (χ0) is 24.4. The summed E-state index contributed by atoms with van der Waals surface area (Å²) in [6.45, 7) is 0.478. The third-order valence-electron chi connectivity index (χ3n) is 6.00. The van der Waals surface area contributed by atoms with E-state index in [9.17, 15) is 4.79 Å². The van der Waals surface area contributed by atoms with Gasteiger partial charge in [-0.25, -0.2) is 4.98 Å². The molecule has 176 valence electrons. The number of ether oxygens (including phenoxy) is 2. The summed E-state index contributed by atoms with van der Waals surface area (Å²) in [5, 5.41) is 5.62. The average Bonchev–Trinajstić information content (AvgIpc) is 3.27. The molecule has 7 heteroatoms. The van der Waals surface area contributed by atoms with E-state index in [-0.39, 0.29) is 5.91 Å². The van der Waals surface area contributed by atoms with Crippen LogP contribution in [-0.4, -0.2) is 36.6 Å². The highest BCUT2D eigenvalue weighted by atomic mass is 35.5. The molecule has 0 fully saturated rings. The molecule has 0 unspecified atom stereocenters. The number of hydrogen-bond donors (Lipinski definition) is 2. The van der Waals surface area contributed by atoms with E-state index in [2.05, 4.69) is 10.3 Å². The molecule has 0 radical (unpaired) electrons. The van der Waals surface area contributed by atoms with E-state index in [0.717, 1.165) is 32.9 Å². The van der Waals surface area contributed by atoms with Crippen molar-refractivity contribution in [3.05, 3.63) is 89.1 Å². The molecule has 5 aromatic rings. The summed E-state index contributed by atoms with van der Waals surface area (Å²) in [5.74, 6) is 1.07. The van der Waals surface area contributed by atoms with Crippen LogP contribution in [0.15, 0.2) is 72.8 Å². The summed E-state index contributed by atoms with van der Waals surface area (Å²) in [4.78, 5) is 21.5. The van der Waals surface area contributed by atoms with Gasteiger partial charge in [0.15, 0.2) is 0 Å². The number of para-hydroxylation sites is 1. The van der Waals surface area contributed by atoms with E-state index in [0.29, 0.717) is 40.9 Å². The van der Waals surface area contributed by atoms with Crippen LogP contribution < -0.4 is 14.8 Å². The molecule has 0 spiro atoms. The Morgan fingerprint density at radius 2 is 1.77 bits per heavy atom. The Labute approximate surface area is 207 Å². The van der Waals surface area contributed by atoms with Crippen LogP contribution in [0.3, 0.4) is 0 Å². The lowest BCUT2D eigenvalue weighted by Gasteiger charge is -2.13. The van der Waals surface area contributed by atoms with E-state index in [4.69, 9.17) is 26.1 Å². The van der Waals surface area contributed by atoms with Crippen molar-refractivity contribution in [1.82, 2.24) is 15.3 Å². The van der Waals surface area contributed by atoms with Crippen molar-refractivity contribution >= 4 is 39.3 Å². The number of methoxy groups -OCH3 is 2. The zero-order valence-electron chi connectivity index (χ0n) is 19.4. The minimum Gasteiger partial charge on any atom is -0.497 e. The number of aromatic amines is 1. The Morgan fingerprint density at radius 1 is 0.971 bits per heavy atom. The Morgan fingerprint density at radius 3 is 2.54 bits per heavy atom. The first-order valence-corrected chi connectivity index (χ1v) is 11.6. The first-order valence-electron chi connectivity index (χ1n) is 11.2. The normalized spacial score (nSPS) is 11.1. The number of halogens is 1. The van der Waals surface area contributed by atoms with Gasteiger partial charge in [0.25, 0.3) is 5.91 Å². The highest BCUT2D eigenvalue weighted by Gasteiger charge is 2.19. The predicted molar refractivity (Wildman–Crippen MR) is 140 cm³/mol. The van der Waals surface area contributed by atoms with Crippen molar-refractivity contribution in [2.75, 3.05) is 20.8 Å². The first-order chi connectivity index (χ1) is 17.1. The number of carbonyl (C=O) groups excluding carboxylic acids is 1. The molecule has 0 saturated heterocycles. The molecule has 1 amide bonds. The molecule has 2 aromatic heterocycles. The maximum Gasteiger partial charge on any atom is 0.269 e. The molecule has 2 heterocycles. The van der Waals surface area contributed by atoms with Crippen LogP contribution in [0.2, 0.25) is 5.02 Å². The number of H-pyrrole nitrogens is 1. The van der Waals surface area contributed by atoms with Crippen molar-refractivity contribution in [2.45, 2.75) is 6.42 Å². The van der Waals surface area contributed by atoms with E-state index in [1.807, 2.05) is 72.8 Å². The smallest absolute Gasteiger partial charge is 0.269 e. The molecule has 0 aliphatic carbocycles. The maximum atomic E-state index is 13.2. The highest BCUT2D eigenvalue weighted by molar-refractivity contribution is 6.30. The van der Waals surface area contributed by atoms with Crippen LogP contribution in [0.4, 0.5) is 0 Å². The van der Waals surface area contributed by atoms with Crippen LogP contribution in [0.1, 0.15) is 16.1 Å². The number of aromatic nitrogens is 2. The zero-order valence-corrected chi connectivity index (χ0v) is 20.1. The first kappa shape index (κ1) is 22.7. The van der Waals surface area contributed by atoms with Crippen LogP contribution in [0.25, 0.3) is 33.1 Å². The summed E-state index contributed by atoms with van der Waals surface area (Å²) in [7, 11) is 3.23. The van der Waals surface area contributed by atoms with Gasteiger partial charge in [-0.1, -0.05) is 41.9 Å². The summed E-state index contributed by atoms with van der Waals surface area (Å²) in [5.41, 5.74) is 4.58. The lowest BCUT2D eigenvalue weighted by molar-refractivity contribution is 0.0949. The van der Waals surface area contributed by atoms with Crippen LogP contribution >= 0.6 is 11.6 Å². The van der Waals surface area contributed by atoms with Gasteiger partial charge >= 0.3 is 0 Å². The fraction of sp³-hybridized carbons (Fsp3) is 0.143. The molecule has 2 N–H and O–H groups in total.